The van der Waals surface area contributed by atoms with Crippen LogP contribution >= 0.6 is 11.8 Å². The third kappa shape index (κ3) is 4.24. The van der Waals surface area contributed by atoms with Crippen LogP contribution in [0.5, 0.6) is 5.75 Å². The summed E-state index contributed by atoms with van der Waals surface area (Å²) in [5.74, 6) is -1.02. The number of carbonyl (C=O) groups is 2. The molecule has 2 rings (SSSR count). The van der Waals surface area contributed by atoms with Crippen LogP contribution in [-0.2, 0) is 9.59 Å². The lowest BCUT2D eigenvalue weighted by Gasteiger charge is -2.35. The third-order valence-corrected chi connectivity index (χ3v) is 5.46. The predicted octanol–water partition coefficient (Wildman–Crippen LogP) is 2.79. The molecule has 0 unspecified atom stereocenters. The highest BCUT2D eigenvalue weighted by molar-refractivity contribution is 8.04. The first-order chi connectivity index (χ1) is 12.7. The van der Waals surface area contributed by atoms with E-state index >= 15 is 0 Å². The minimum absolute atomic E-state index is 0.274. The molecular formula is C19H20N4O3S. The largest absolute Gasteiger partial charge is 0.497 e. The van der Waals surface area contributed by atoms with Crippen molar-refractivity contribution in [3.8, 4) is 17.9 Å². The number of benzene rings is 1. The minimum Gasteiger partial charge on any atom is -0.497 e. The predicted molar refractivity (Wildman–Crippen MR) is 102 cm³/mol. The van der Waals surface area contributed by atoms with Gasteiger partial charge in [0.05, 0.1) is 35.1 Å². The molecule has 1 aliphatic rings. The Morgan fingerprint density at radius 3 is 2.48 bits per heavy atom. The van der Waals surface area contributed by atoms with Crippen molar-refractivity contribution in [3.63, 3.8) is 0 Å². The van der Waals surface area contributed by atoms with Gasteiger partial charge in [0, 0.05) is 11.1 Å². The zero-order valence-corrected chi connectivity index (χ0v) is 16.3. The molecule has 1 aliphatic heterocycles. The summed E-state index contributed by atoms with van der Waals surface area (Å²) in [4.78, 5) is 24.7. The van der Waals surface area contributed by atoms with Gasteiger partial charge in [-0.05, 0) is 31.2 Å². The van der Waals surface area contributed by atoms with Gasteiger partial charge in [0.15, 0.2) is 0 Å². The average Bonchev–Trinajstić information content (AvgIpc) is 2.62. The number of nitrogens with one attached hydrogen (secondary N) is 2. The number of nitrogens with zero attached hydrogens (tertiary/aromatic N) is 2. The summed E-state index contributed by atoms with van der Waals surface area (Å²) in [5.41, 5.74) is -0.0246. The number of ether oxygens (including phenoxy) is 1. The van der Waals surface area contributed by atoms with E-state index in [-0.39, 0.29) is 5.91 Å². The number of anilines is 1. The second kappa shape index (κ2) is 8.15. The maximum Gasteiger partial charge on any atom is 0.243 e. The highest BCUT2D eigenvalue weighted by atomic mass is 32.2. The summed E-state index contributed by atoms with van der Waals surface area (Å²) in [6.07, 6.45) is 0. The van der Waals surface area contributed by atoms with Gasteiger partial charge in [-0.2, -0.15) is 10.5 Å². The lowest BCUT2D eigenvalue weighted by molar-refractivity contribution is -0.125. The molecule has 0 aliphatic carbocycles. The summed E-state index contributed by atoms with van der Waals surface area (Å²) in [6, 6.07) is 10.9. The van der Waals surface area contributed by atoms with Crippen LogP contribution in [0.25, 0.3) is 0 Å². The highest BCUT2D eigenvalue weighted by Crippen LogP contribution is 2.42. The van der Waals surface area contributed by atoms with Crippen LogP contribution in [0.2, 0.25) is 0 Å². The smallest absolute Gasteiger partial charge is 0.243 e. The summed E-state index contributed by atoms with van der Waals surface area (Å²) >= 11 is 1.09. The van der Waals surface area contributed by atoms with Crippen molar-refractivity contribution < 1.29 is 14.3 Å². The Hall–Kier alpha value is -2.97. The summed E-state index contributed by atoms with van der Waals surface area (Å²) in [5, 5.41) is 23.9. The van der Waals surface area contributed by atoms with Crippen molar-refractivity contribution >= 4 is 29.3 Å². The van der Waals surface area contributed by atoms with Crippen molar-refractivity contribution in [2.75, 3.05) is 12.4 Å². The lowest BCUT2D eigenvalue weighted by atomic mass is 9.72. The minimum atomic E-state index is -0.958. The van der Waals surface area contributed by atoms with Crippen LogP contribution in [0.15, 0.2) is 34.9 Å². The van der Waals surface area contributed by atoms with Crippen molar-refractivity contribution in [1.82, 2.24) is 5.32 Å². The van der Waals surface area contributed by atoms with Gasteiger partial charge in [-0.3, -0.25) is 9.59 Å². The van der Waals surface area contributed by atoms with Gasteiger partial charge in [-0.1, -0.05) is 25.6 Å². The number of thioether (sulfide) groups is 1. The molecule has 2 amide bonds. The number of amides is 2. The molecule has 0 saturated heterocycles. The van der Waals surface area contributed by atoms with Gasteiger partial charge in [-0.25, -0.2) is 0 Å². The van der Waals surface area contributed by atoms with E-state index in [9.17, 15) is 20.1 Å². The second-order valence-electron chi connectivity index (χ2n) is 6.57. The monoisotopic (exact) mass is 384 g/mol. The molecule has 0 aromatic heterocycles. The standard InChI is InChI=1S/C19H20N4O3S/c1-11(16(24)22-12-5-7-13(26-4)8-6-12)27-18-15(10-21)19(2,3)14(9-20)17(25)23-18/h5-8,11,14H,1-4H3,(H,22,24)(H,23,25)/t11-,14-/m0/s1. The highest BCUT2D eigenvalue weighted by Gasteiger charge is 2.45. The van der Waals surface area contributed by atoms with E-state index in [1.807, 2.05) is 6.07 Å². The van der Waals surface area contributed by atoms with Crippen molar-refractivity contribution in [2.24, 2.45) is 11.3 Å². The Kier molecular flexibility index (Phi) is 6.14. The quantitative estimate of drug-likeness (QED) is 0.807. The van der Waals surface area contributed by atoms with Gasteiger partial charge in [-0.15, -0.1) is 0 Å². The van der Waals surface area contributed by atoms with Crippen LogP contribution < -0.4 is 15.4 Å². The number of methoxy groups -OCH3 is 1. The molecule has 27 heavy (non-hydrogen) atoms. The topological polar surface area (TPSA) is 115 Å². The van der Waals surface area contributed by atoms with Crippen molar-refractivity contribution in [1.29, 1.82) is 10.5 Å². The molecule has 1 aromatic carbocycles. The Morgan fingerprint density at radius 1 is 1.33 bits per heavy atom. The molecule has 0 bridgehead atoms. The van der Waals surface area contributed by atoms with Gasteiger partial charge in [0.2, 0.25) is 11.8 Å². The summed E-state index contributed by atoms with van der Waals surface area (Å²) in [7, 11) is 1.56. The first kappa shape index (κ1) is 20.3. The van der Waals surface area contributed by atoms with E-state index < -0.39 is 22.5 Å². The molecule has 0 radical (unpaired) electrons. The average molecular weight is 384 g/mol. The molecule has 7 nitrogen and oxygen atoms in total. The zero-order valence-electron chi connectivity index (χ0n) is 15.5. The summed E-state index contributed by atoms with van der Waals surface area (Å²) in [6.45, 7) is 5.04. The van der Waals surface area contributed by atoms with E-state index in [0.29, 0.717) is 22.0 Å². The zero-order chi connectivity index (χ0) is 20.2. The van der Waals surface area contributed by atoms with E-state index in [0.717, 1.165) is 11.8 Å². The fraction of sp³-hybridized carbons (Fsp3) is 0.368. The molecule has 2 atom stereocenters. The Balaban J connectivity index is 2.17. The number of hydrogen-bond acceptors (Lipinski definition) is 6. The van der Waals surface area contributed by atoms with Gasteiger partial charge < -0.3 is 15.4 Å². The van der Waals surface area contributed by atoms with Crippen LogP contribution in [0, 0.1) is 34.0 Å². The Labute approximate surface area is 162 Å². The van der Waals surface area contributed by atoms with E-state index in [1.54, 1.807) is 52.1 Å². The fourth-order valence-electron chi connectivity index (χ4n) is 2.66. The molecule has 1 aromatic rings. The molecule has 0 spiro atoms. The fourth-order valence-corrected chi connectivity index (χ4v) is 3.77. The molecule has 8 heteroatoms. The van der Waals surface area contributed by atoms with Gasteiger partial charge >= 0.3 is 0 Å². The Bertz CT molecular complexity index is 862. The summed E-state index contributed by atoms with van der Waals surface area (Å²) < 4.78 is 5.08. The number of rotatable bonds is 5. The lowest BCUT2D eigenvalue weighted by Crippen LogP contribution is -2.45. The first-order valence-corrected chi connectivity index (χ1v) is 9.09. The number of nitriles is 2. The van der Waals surface area contributed by atoms with Crippen LogP contribution in [0.3, 0.4) is 0 Å². The Morgan fingerprint density at radius 2 is 1.96 bits per heavy atom. The third-order valence-electron chi connectivity index (χ3n) is 4.35. The molecule has 140 valence electrons. The van der Waals surface area contributed by atoms with Gasteiger partial charge in [0.1, 0.15) is 11.7 Å². The van der Waals surface area contributed by atoms with E-state index in [4.69, 9.17) is 4.74 Å². The molecule has 0 fully saturated rings. The molecule has 0 saturated carbocycles. The van der Waals surface area contributed by atoms with Crippen LogP contribution in [0.1, 0.15) is 20.8 Å². The number of carbonyl (C=O) groups excluding carboxylic acids is 2. The van der Waals surface area contributed by atoms with E-state index in [1.165, 1.54) is 0 Å². The first-order valence-electron chi connectivity index (χ1n) is 8.21. The molecule has 2 N–H and O–H groups in total. The van der Waals surface area contributed by atoms with Crippen molar-refractivity contribution in [3.05, 3.63) is 34.9 Å². The number of hydrogen-bond donors (Lipinski definition) is 2. The van der Waals surface area contributed by atoms with Crippen molar-refractivity contribution in [2.45, 2.75) is 26.0 Å². The molecular weight excluding hydrogens is 364 g/mol. The van der Waals surface area contributed by atoms with Gasteiger partial charge in [0.25, 0.3) is 0 Å². The maximum atomic E-state index is 12.5. The SMILES string of the molecule is COc1ccc(NC(=O)[C@H](C)SC2=C(C#N)C(C)(C)[C@@H](C#N)C(=O)N2)cc1. The van der Waals surface area contributed by atoms with Crippen LogP contribution in [0.4, 0.5) is 5.69 Å². The normalized spacial score (nSPS) is 19.3. The van der Waals surface area contributed by atoms with E-state index in [2.05, 4.69) is 16.7 Å². The number of allylic oxidation sites excluding steroid dienone is 1. The molecule has 1 heterocycles. The maximum absolute atomic E-state index is 12.5. The second-order valence-corrected chi connectivity index (χ2v) is 7.92. The van der Waals surface area contributed by atoms with Crippen LogP contribution in [-0.4, -0.2) is 24.2 Å².